The van der Waals surface area contributed by atoms with Crippen LogP contribution in [0.1, 0.15) is 39.0 Å². The Morgan fingerprint density at radius 3 is 2.36 bits per heavy atom. The first kappa shape index (κ1) is 11.1. The van der Waals surface area contributed by atoms with Crippen molar-refractivity contribution in [3.63, 3.8) is 0 Å². The van der Waals surface area contributed by atoms with E-state index < -0.39 is 0 Å². The molecule has 0 N–H and O–H groups in total. The molecule has 0 atom stereocenters. The summed E-state index contributed by atoms with van der Waals surface area (Å²) in [6.07, 6.45) is 6.47. The van der Waals surface area contributed by atoms with Crippen LogP contribution in [0.4, 0.5) is 0 Å². The minimum atomic E-state index is 0.855. The van der Waals surface area contributed by atoms with Gasteiger partial charge in [-0.25, -0.2) is 0 Å². The lowest BCUT2D eigenvalue weighted by Gasteiger charge is -2.04. The first-order valence-electron chi connectivity index (χ1n) is 5.61. The smallest absolute Gasteiger partial charge is 0.119 e. The summed E-state index contributed by atoms with van der Waals surface area (Å²) >= 11 is 0. The second-order valence-electron chi connectivity index (χ2n) is 3.58. The third-order valence-corrected chi connectivity index (χ3v) is 2.26. The zero-order valence-corrected chi connectivity index (χ0v) is 9.04. The lowest BCUT2D eigenvalue weighted by atomic mass is 10.2. The zero-order chi connectivity index (χ0) is 10.1. The third kappa shape index (κ3) is 4.90. The first-order chi connectivity index (χ1) is 6.93. The molecule has 0 saturated heterocycles. The molecule has 0 spiro atoms. The van der Waals surface area contributed by atoms with Gasteiger partial charge in [-0.1, -0.05) is 50.8 Å². The number of hydrogen-bond donors (Lipinski definition) is 0. The molecular formula is C13H20O. The van der Waals surface area contributed by atoms with Crippen molar-refractivity contribution in [2.24, 2.45) is 0 Å². The van der Waals surface area contributed by atoms with Crippen molar-refractivity contribution >= 4 is 0 Å². The van der Waals surface area contributed by atoms with Gasteiger partial charge in [-0.2, -0.15) is 0 Å². The van der Waals surface area contributed by atoms with Crippen LogP contribution in [0, 0.1) is 0 Å². The summed E-state index contributed by atoms with van der Waals surface area (Å²) in [7, 11) is 0. The highest BCUT2D eigenvalue weighted by molar-refractivity contribution is 5.20. The Balaban J connectivity index is 1.99. The molecule has 0 aliphatic rings. The van der Waals surface area contributed by atoms with Crippen molar-refractivity contribution in [2.75, 3.05) is 6.61 Å². The van der Waals surface area contributed by atoms with E-state index in [0.717, 1.165) is 12.4 Å². The molecular weight excluding hydrogens is 172 g/mol. The van der Waals surface area contributed by atoms with Gasteiger partial charge in [0.15, 0.2) is 0 Å². The molecule has 1 heteroatoms. The molecule has 0 radical (unpaired) electrons. The van der Waals surface area contributed by atoms with Gasteiger partial charge in [0.1, 0.15) is 5.75 Å². The lowest BCUT2D eigenvalue weighted by molar-refractivity contribution is 0.304. The normalized spacial score (nSPS) is 10.1. The zero-order valence-electron chi connectivity index (χ0n) is 9.04. The number of benzene rings is 1. The highest BCUT2D eigenvalue weighted by atomic mass is 16.5. The largest absolute Gasteiger partial charge is 0.494 e. The molecule has 1 nitrogen and oxygen atoms in total. The molecule has 14 heavy (non-hydrogen) atoms. The molecule has 1 rings (SSSR count). The van der Waals surface area contributed by atoms with Gasteiger partial charge in [0.2, 0.25) is 0 Å². The van der Waals surface area contributed by atoms with Crippen LogP contribution >= 0.6 is 0 Å². The second kappa shape index (κ2) is 7.43. The van der Waals surface area contributed by atoms with Crippen molar-refractivity contribution < 1.29 is 4.74 Å². The van der Waals surface area contributed by atoms with Crippen LogP contribution in [0.15, 0.2) is 30.3 Å². The molecule has 0 fully saturated rings. The fourth-order valence-electron chi connectivity index (χ4n) is 1.41. The molecule has 0 saturated carbocycles. The number of unbranched alkanes of at least 4 members (excludes halogenated alkanes) is 4. The minimum absolute atomic E-state index is 0.855. The molecule has 1 aromatic carbocycles. The summed E-state index contributed by atoms with van der Waals surface area (Å²) in [5.74, 6) is 0.989. The predicted octanol–water partition coefficient (Wildman–Crippen LogP) is 4.04. The SMILES string of the molecule is CCCCCCCOc1ccccc1. The van der Waals surface area contributed by atoms with Gasteiger partial charge in [0.05, 0.1) is 6.61 Å². The molecule has 0 aromatic heterocycles. The topological polar surface area (TPSA) is 9.23 Å². The van der Waals surface area contributed by atoms with Crippen molar-refractivity contribution in [1.29, 1.82) is 0 Å². The minimum Gasteiger partial charge on any atom is -0.494 e. The van der Waals surface area contributed by atoms with Gasteiger partial charge in [0, 0.05) is 0 Å². The molecule has 0 aliphatic carbocycles. The molecule has 0 aliphatic heterocycles. The second-order valence-corrected chi connectivity index (χ2v) is 3.58. The number of para-hydroxylation sites is 1. The average molecular weight is 192 g/mol. The monoisotopic (exact) mass is 192 g/mol. The van der Waals surface area contributed by atoms with Crippen LogP contribution in [0.25, 0.3) is 0 Å². The molecule has 0 bridgehead atoms. The quantitative estimate of drug-likeness (QED) is 0.592. The van der Waals surface area contributed by atoms with E-state index in [4.69, 9.17) is 4.74 Å². The van der Waals surface area contributed by atoms with E-state index in [-0.39, 0.29) is 0 Å². The average Bonchev–Trinajstić information content (AvgIpc) is 2.25. The Morgan fingerprint density at radius 1 is 0.929 bits per heavy atom. The molecule has 0 unspecified atom stereocenters. The van der Waals surface area contributed by atoms with Crippen molar-refractivity contribution in [2.45, 2.75) is 39.0 Å². The van der Waals surface area contributed by atoms with Crippen LogP contribution < -0.4 is 4.74 Å². The Hall–Kier alpha value is -0.980. The van der Waals surface area contributed by atoms with Gasteiger partial charge in [0.25, 0.3) is 0 Å². The van der Waals surface area contributed by atoms with Gasteiger partial charge < -0.3 is 4.74 Å². The van der Waals surface area contributed by atoms with Crippen LogP contribution in [-0.4, -0.2) is 6.61 Å². The summed E-state index contributed by atoms with van der Waals surface area (Å²) in [5, 5.41) is 0. The van der Waals surface area contributed by atoms with E-state index in [2.05, 4.69) is 6.92 Å². The number of hydrogen-bond acceptors (Lipinski definition) is 1. The predicted molar refractivity (Wildman–Crippen MR) is 60.7 cm³/mol. The van der Waals surface area contributed by atoms with Gasteiger partial charge in [-0.15, -0.1) is 0 Å². The van der Waals surface area contributed by atoms with Crippen molar-refractivity contribution in [3.8, 4) is 5.75 Å². The summed E-state index contributed by atoms with van der Waals surface area (Å²) in [6, 6.07) is 10.0. The third-order valence-electron chi connectivity index (χ3n) is 2.26. The molecule has 0 amide bonds. The number of rotatable bonds is 7. The highest BCUT2D eigenvalue weighted by Gasteiger charge is 1.91. The molecule has 78 valence electrons. The van der Waals surface area contributed by atoms with Crippen LogP contribution in [0.3, 0.4) is 0 Å². The van der Waals surface area contributed by atoms with Crippen molar-refractivity contribution in [1.82, 2.24) is 0 Å². The summed E-state index contributed by atoms with van der Waals surface area (Å²) in [6.45, 7) is 3.09. The van der Waals surface area contributed by atoms with E-state index in [9.17, 15) is 0 Å². The van der Waals surface area contributed by atoms with Crippen LogP contribution in [0.2, 0.25) is 0 Å². The molecule has 1 aromatic rings. The van der Waals surface area contributed by atoms with Gasteiger partial charge >= 0.3 is 0 Å². The first-order valence-corrected chi connectivity index (χ1v) is 5.61. The van der Waals surface area contributed by atoms with Gasteiger partial charge in [-0.3, -0.25) is 0 Å². The fraction of sp³-hybridized carbons (Fsp3) is 0.538. The highest BCUT2D eigenvalue weighted by Crippen LogP contribution is 2.09. The Labute approximate surface area is 87.1 Å². The van der Waals surface area contributed by atoms with Crippen molar-refractivity contribution in [3.05, 3.63) is 30.3 Å². The van der Waals surface area contributed by atoms with Gasteiger partial charge in [-0.05, 0) is 18.6 Å². The maximum Gasteiger partial charge on any atom is 0.119 e. The summed E-state index contributed by atoms with van der Waals surface area (Å²) in [4.78, 5) is 0. The Kier molecular flexibility index (Phi) is 5.89. The molecule has 0 heterocycles. The Morgan fingerprint density at radius 2 is 1.64 bits per heavy atom. The van der Waals surface area contributed by atoms with E-state index in [1.54, 1.807) is 0 Å². The van der Waals surface area contributed by atoms with E-state index >= 15 is 0 Å². The van der Waals surface area contributed by atoms with Crippen LogP contribution in [0.5, 0.6) is 5.75 Å². The standard InChI is InChI=1S/C13H20O/c1-2-3-4-5-9-12-14-13-10-7-6-8-11-13/h6-8,10-11H,2-5,9,12H2,1H3. The number of ether oxygens (including phenoxy) is 1. The fourth-order valence-corrected chi connectivity index (χ4v) is 1.41. The summed E-state index contributed by atoms with van der Waals surface area (Å²) < 4.78 is 5.59. The Bertz CT molecular complexity index is 218. The van der Waals surface area contributed by atoms with E-state index in [1.807, 2.05) is 30.3 Å². The van der Waals surface area contributed by atoms with Crippen LogP contribution in [-0.2, 0) is 0 Å². The van der Waals surface area contributed by atoms with E-state index in [0.29, 0.717) is 0 Å². The maximum atomic E-state index is 5.59. The maximum absolute atomic E-state index is 5.59. The summed E-state index contributed by atoms with van der Waals surface area (Å²) in [5.41, 5.74) is 0. The van der Waals surface area contributed by atoms with E-state index in [1.165, 1.54) is 32.1 Å². The lowest BCUT2D eigenvalue weighted by Crippen LogP contribution is -1.96.